The summed E-state index contributed by atoms with van der Waals surface area (Å²) in [7, 11) is 0. The number of carbonyl (C=O) groups is 1. The highest BCUT2D eigenvalue weighted by Crippen LogP contribution is 2.17. The average Bonchev–Trinajstić information content (AvgIpc) is 1.77. The molecule has 3 nitrogen and oxygen atoms in total. The van der Waals surface area contributed by atoms with E-state index in [9.17, 15) is 4.79 Å². The lowest BCUT2D eigenvalue weighted by molar-refractivity contribution is -0.155. The molecule has 0 aromatic carbocycles. The van der Waals surface area contributed by atoms with Crippen molar-refractivity contribution in [1.29, 1.82) is 0 Å². The summed E-state index contributed by atoms with van der Waals surface area (Å²) in [4.78, 5) is 11.3. The van der Waals surface area contributed by atoms with Crippen LogP contribution in [0.5, 0.6) is 0 Å². The van der Waals surface area contributed by atoms with Gasteiger partial charge >= 0.3 is 5.97 Å². The van der Waals surface area contributed by atoms with Crippen molar-refractivity contribution in [3.63, 3.8) is 0 Å². The van der Waals surface area contributed by atoms with Crippen molar-refractivity contribution < 1.29 is 14.3 Å². The molecule has 0 aromatic rings. The van der Waals surface area contributed by atoms with Gasteiger partial charge in [-0.1, -0.05) is 0 Å². The molecule has 3 heteroatoms. The molecule has 0 aliphatic rings. The summed E-state index contributed by atoms with van der Waals surface area (Å²) in [5.41, 5.74) is -0.444. The first-order valence-corrected chi connectivity index (χ1v) is 5.10. The molecule has 14 heavy (non-hydrogen) atoms. The predicted octanol–water partition coefficient (Wildman–Crippen LogP) is 2.53. The van der Waals surface area contributed by atoms with Gasteiger partial charge in [-0.05, 0) is 41.5 Å². The largest absolute Gasteiger partial charge is 0.463 e. The molecule has 0 aliphatic carbocycles. The van der Waals surface area contributed by atoms with Crippen molar-refractivity contribution >= 4 is 5.97 Å². The Balaban J connectivity index is 4.01. The van der Waals surface area contributed by atoms with Crippen LogP contribution in [0.25, 0.3) is 0 Å². The van der Waals surface area contributed by atoms with Gasteiger partial charge in [0.05, 0.1) is 24.2 Å². The van der Waals surface area contributed by atoms with Gasteiger partial charge in [-0.2, -0.15) is 0 Å². The third-order valence-electron chi connectivity index (χ3n) is 1.49. The molecule has 0 radical (unpaired) electrons. The van der Waals surface area contributed by atoms with Crippen LogP contribution in [0.2, 0.25) is 0 Å². The van der Waals surface area contributed by atoms with Gasteiger partial charge in [0.15, 0.2) is 0 Å². The molecule has 84 valence electrons. The second kappa shape index (κ2) is 5.35. The van der Waals surface area contributed by atoms with Crippen LogP contribution < -0.4 is 0 Å². The topological polar surface area (TPSA) is 35.5 Å². The molecule has 0 aliphatic heterocycles. The lowest BCUT2D eigenvalue weighted by atomic mass is 10.1. The minimum atomic E-state index is -0.444. The molecule has 0 bridgehead atoms. The van der Waals surface area contributed by atoms with Crippen molar-refractivity contribution in [3.05, 3.63) is 0 Å². The second-order valence-corrected chi connectivity index (χ2v) is 4.64. The standard InChI is InChI=1S/C11H22O3/c1-8(2)13-10(12)7-11(5,6)14-9(3)4/h8-9H,7H2,1-6H3. The Morgan fingerprint density at radius 3 is 2.00 bits per heavy atom. The Hall–Kier alpha value is -0.570. The van der Waals surface area contributed by atoms with Gasteiger partial charge in [0.25, 0.3) is 0 Å². The minimum Gasteiger partial charge on any atom is -0.463 e. The lowest BCUT2D eigenvalue weighted by Gasteiger charge is -2.27. The molecular weight excluding hydrogens is 180 g/mol. The van der Waals surface area contributed by atoms with E-state index in [1.165, 1.54) is 0 Å². The number of hydrogen-bond donors (Lipinski definition) is 0. The summed E-state index contributed by atoms with van der Waals surface area (Å²) in [6, 6.07) is 0. The van der Waals surface area contributed by atoms with E-state index in [2.05, 4.69) is 0 Å². The first kappa shape index (κ1) is 13.4. The van der Waals surface area contributed by atoms with E-state index in [4.69, 9.17) is 9.47 Å². The van der Waals surface area contributed by atoms with Crippen LogP contribution in [-0.2, 0) is 14.3 Å². The summed E-state index contributed by atoms with van der Waals surface area (Å²) in [5.74, 6) is -0.203. The van der Waals surface area contributed by atoms with Gasteiger partial charge in [0, 0.05) is 0 Å². The quantitative estimate of drug-likeness (QED) is 0.643. The van der Waals surface area contributed by atoms with Crippen molar-refractivity contribution in [1.82, 2.24) is 0 Å². The van der Waals surface area contributed by atoms with Crippen LogP contribution in [-0.4, -0.2) is 23.8 Å². The molecule has 0 rings (SSSR count). The van der Waals surface area contributed by atoms with E-state index in [-0.39, 0.29) is 18.2 Å². The summed E-state index contributed by atoms with van der Waals surface area (Å²) in [6.45, 7) is 11.4. The van der Waals surface area contributed by atoms with E-state index in [1.54, 1.807) is 0 Å². The third kappa shape index (κ3) is 6.89. The molecule has 0 amide bonds. The number of hydrogen-bond acceptors (Lipinski definition) is 3. The van der Waals surface area contributed by atoms with E-state index in [0.717, 1.165) is 0 Å². The molecular formula is C11H22O3. The number of ether oxygens (including phenoxy) is 2. The summed E-state index contributed by atoms with van der Waals surface area (Å²) in [5, 5.41) is 0. The van der Waals surface area contributed by atoms with Gasteiger partial charge in [-0.3, -0.25) is 4.79 Å². The predicted molar refractivity (Wildman–Crippen MR) is 56.1 cm³/mol. The summed E-state index contributed by atoms with van der Waals surface area (Å²) >= 11 is 0. The van der Waals surface area contributed by atoms with Crippen LogP contribution in [0.4, 0.5) is 0 Å². The first-order chi connectivity index (χ1) is 6.23. The molecule has 0 heterocycles. The maximum absolute atomic E-state index is 11.3. The van der Waals surface area contributed by atoms with Crippen LogP contribution >= 0.6 is 0 Å². The van der Waals surface area contributed by atoms with Gasteiger partial charge in [0.1, 0.15) is 0 Å². The first-order valence-electron chi connectivity index (χ1n) is 5.10. The zero-order chi connectivity index (χ0) is 11.4. The maximum Gasteiger partial charge on any atom is 0.308 e. The van der Waals surface area contributed by atoms with Crippen molar-refractivity contribution in [3.8, 4) is 0 Å². The highest BCUT2D eigenvalue weighted by molar-refractivity contribution is 5.70. The Morgan fingerprint density at radius 1 is 1.14 bits per heavy atom. The zero-order valence-electron chi connectivity index (χ0n) is 10.1. The van der Waals surface area contributed by atoms with E-state index in [1.807, 2.05) is 41.5 Å². The summed E-state index contributed by atoms with van der Waals surface area (Å²) in [6.07, 6.45) is 0.359. The molecule has 0 atom stereocenters. The van der Waals surface area contributed by atoms with Gasteiger partial charge < -0.3 is 9.47 Å². The second-order valence-electron chi connectivity index (χ2n) is 4.64. The average molecular weight is 202 g/mol. The highest BCUT2D eigenvalue weighted by atomic mass is 16.5. The van der Waals surface area contributed by atoms with Crippen LogP contribution in [0, 0.1) is 0 Å². The van der Waals surface area contributed by atoms with Crippen molar-refractivity contribution in [2.45, 2.75) is 65.8 Å². The SMILES string of the molecule is CC(C)OC(=O)CC(C)(C)OC(C)C. The molecule has 0 aromatic heterocycles. The minimum absolute atomic E-state index is 0.0580. The van der Waals surface area contributed by atoms with Crippen LogP contribution in [0.3, 0.4) is 0 Å². The van der Waals surface area contributed by atoms with Crippen LogP contribution in [0.1, 0.15) is 48.0 Å². The molecule has 0 fully saturated rings. The number of carbonyl (C=O) groups excluding carboxylic acids is 1. The Labute approximate surface area is 86.8 Å². The monoisotopic (exact) mass is 202 g/mol. The molecule has 0 unspecified atom stereocenters. The fraction of sp³-hybridized carbons (Fsp3) is 0.909. The molecule has 0 spiro atoms. The fourth-order valence-corrected chi connectivity index (χ4v) is 1.33. The highest BCUT2D eigenvalue weighted by Gasteiger charge is 2.25. The Kier molecular flexibility index (Phi) is 5.13. The van der Waals surface area contributed by atoms with E-state index >= 15 is 0 Å². The normalized spacial score (nSPS) is 12.3. The van der Waals surface area contributed by atoms with Crippen molar-refractivity contribution in [2.24, 2.45) is 0 Å². The Morgan fingerprint density at radius 2 is 1.64 bits per heavy atom. The maximum atomic E-state index is 11.3. The fourth-order valence-electron chi connectivity index (χ4n) is 1.33. The van der Waals surface area contributed by atoms with Gasteiger partial charge in [0.2, 0.25) is 0 Å². The molecule has 0 saturated heterocycles. The smallest absolute Gasteiger partial charge is 0.308 e. The van der Waals surface area contributed by atoms with Gasteiger partial charge in [-0.15, -0.1) is 0 Å². The molecule has 0 N–H and O–H groups in total. The zero-order valence-corrected chi connectivity index (χ0v) is 10.1. The van der Waals surface area contributed by atoms with Crippen molar-refractivity contribution in [2.75, 3.05) is 0 Å². The van der Waals surface area contributed by atoms with E-state index in [0.29, 0.717) is 6.42 Å². The third-order valence-corrected chi connectivity index (χ3v) is 1.49. The van der Waals surface area contributed by atoms with Crippen LogP contribution in [0.15, 0.2) is 0 Å². The Bertz CT molecular complexity index is 183. The lowest BCUT2D eigenvalue weighted by Crippen LogP contribution is -2.32. The number of esters is 1. The van der Waals surface area contributed by atoms with E-state index < -0.39 is 5.60 Å². The number of rotatable bonds is 5. The summed E-state index contributed by atoms with van der Waals surface area (Å²) < 4.78 is 10.6. The molecule has 0 saturated carbocycles. The van der Waals surface area contributed by atoms with Gasteiger partial charge in [-0.25, -0.2) is 0 Å².